The van der Waals surface area contributed by atoms with Crippen molar-refractivity contribution in [1.82, 2.24) is 5.32 Å². The van der Waals surface area contributed by atoms with Crippen LogP contribution in [0.15, 0.2) is 24.3 Å². The van der Waals surface area contributed by atoms with E-state index in [2.05, 4.69) is 17.9 Å². The molecule has 1 atom stereocenters. The van der Waals surface area contributed by atoms with Crippen LogP contribution in [0.5, 0.6) is 0 Å². The fraction of sp³-hybridized carbons (Fsp3) is 0.462. The molecular formula is C13H16F3NOS. The van der Waals surface area contributed by atoms with Crippen LogP contribution in [-0.4, -0.2) is 11.2 Å². The highest BCUT2D eigenvalue weighted by Gasteiger charge is 2.29. The number of halogens is 3. The monoisotopic (exact) mass is 291 g/mol. The first kappa shape index (κ1) is 15.9. The molecule has 1 N–H and O–H groups in total. The van der Waals surface area contributed by atoms with Gasteiger partial charge in [-0.25, -0.2) is 0 Å². The van der Waals surface area contributed by atoms with Crippen LogP contribution < -0.4 is 5.32 Å². The third kappa shape index (κ3) is 4.78. The molecule has 0 spiro atoms. The fourth-order valence-corrected chi connectivity index (χ4v) is 1.50. The molecular weight excluding hydrogens is 275 g/mol. The van der Waals surface area contributed by atoms with E-state index in [4.69, 9.17) is 0 Å². The summed E-state index contributed by atoms with van der Waals surface area (Å²) in [6.45, 7) is 3.94. The average Bonchev–Trinajstić information content (AvgIpc) is 2.34. The number of hydrogen-bond donors (Lipinski definition) is 2. The second-order valence-electron chi connectivity index (χ2n) is 4.60. The van der Waals surface area contributed by atoms with Crippen LogP contribution in [0.1, 0.15) is 25.0 Å². The van der Waals surface area contributed by atoms with Crippen LogP contribution in [0.25, 0.3) is 0 Å². The molecule has 1 unspecified atom stereocenters. The SMILES string of the molecule is CC(C)C(S)C(=O)NCc1ccc(C(F)(F)F)cc1. The number of carbonyl (C=O) groups excluding carboxylic acids is 1. The molecule has 0 aromatic heterocycles. The van der Waals surface area contributed by atoms with Gasteiger partial charge >= 0.3 is 6.18 Å². The molecule has 19 heavy (non-hydrogen) atoms. The van der Waals surface area contributed by atoms with Crippen molar-refractivity contribution in [1.29, 1.82) is 0 Å². The molecule has 0 bridgehead atoms. The van der Waals surface area contributed by atoms with Gasteiger partial charge in [0.2, 0.25) is 5.91 Å². The number of rotatable bonds is 4. The molecule has 2 nitrogen and oxygen atoms in total. The summed E-state index contributed by atoms with van der Waals surface area (Å²) in [4.78, 5) is 11.6. The van der Waals surface area contributed by atoms with Crippen LogP contribution in [0.2, 0.25) is 0 Å². The molecule has 1 aromatic carbocycles. The summed E-state index contributed by atoms with van der Waals surface area (Å²) in [6, 6.07) is 4.71. The van der Waals surface area contributed by atoms with E-state index in [0.29, 0.717) is 5.56 Å². The van der Waals surface area contributed by atoms with Gasteiger partial charge in [0.25, 0.3) is 0 Å². The van der Waals surface area contributed by atoms with E-state index in [1.807, 2.05) is 13.8 Å². The summed E-state index contributed by atoms with van der Waals surface area (Å²) < 4.78 is 37.0. The van der Waals surface area contributed by atoms with Crippen molar-refractivity contribution < 1.29 is 18.0 Å². The van der Waals surface area contributed by atoms with E-state index >= 15 is 0 Å². The molecule has 0 fully saturated rings. The van der Waals surface area contributed by atoms with Gasteiger partial charge in [-0.2, -0.15) is 25.8 Å². The lowest BCUT2D eigenvalue weighted by Crippen LogP contribution is -2.33. The number of hydrogen-bond acceptors (Lipinski definition) is 2. The minimum Gasteiger partial charge on any atom is -0.351 e. The smallest absolute Gasteiger partial charge is 0.351 e. The second kappa shape index (κ2) is 6.32. The van der Waals surface area contributed by atoms with Gasteiger partial charge in [-0.15, -0.1) is 0 Å². The summed E-state index contributed by atoms with van der Waals surface area (Å²) in [7, 11) is 0. The maximum absolute atomic E-state index is 12.3. The quantitative estimate of drug-likeness (QED) is 0.819. The van der Waals surface area contributed by atoms with Crippen molar-refractivity contribution in [2.75, 3.05) is 0 Å². The summed E-state index contributed by atoms with van der Waals surface area (Å²) in [5.41, 5.74) is -0.0810. The van der Waals surface area contributed by atoms with E-state index in [1.54, 1.807) is 0 Å². The number of alkyl halides is 3. The minimum atomic E-state index is -4.34. The third-order valence-corrected chi connectivity index (χ3v) is 3.48. The Morgan fingerprint density at radius 1 is 1.26 bits per heavy atom. The van der Waals surface area contributed by atoms with Gasteiger partial charge in [0.1, 0.15) is 0 Å². The lowest BCUT2D eigenvalue weighted by Gasteiger charge is -2.14. The number of benzene rings is 1. The zero-order valence-corrected chi connectivity index (χ0v) is 11.6. The Morgan fingerprint density at radius 3 is 2.21 bits per heavy atom. The Labute approximate surface area is 115 Å². The van der Waals surface area contributed by atoms with Crippen LogP contribution in [0, 0.1) is 5.92 Å². The Balaban J connectivity index is 2.58. The van der Waals surface area contributed by atoms with E-state index in [0.717, 1.165) is 12.1 Å². The molecule has 106 valence electrons. The standard InChI is InChI=1S/C13H16F3NOS/c1-8(2)11(19)12(18)17-7-9-3-5-10(6-4-9)13(14,15)16/h3-6,8,11,19H,7H2,1-2H3,(H,17,18). The van der Waals surface area contributed by atoms with Gasteiger partial charge in [-0.05, 0) is 23.6 Å². The molecule has 0 aliphatic rings. The molecule has 1 aromatic rings. The summed E-state index contributed by atoms with van der Waals surface area (Å²) in [6.07, 6.45) is -4.34. The highest BCUT2D eigenvalue weighted by Crippen LogP contribution is 2.29. The molecule has 6 heteroatoms. The van der Waals surface area contributed by atoms with Crippen LogP contribution in [0.4, 0.5) is 13.2 Å². The van der Waals surface area contributed by atoms with Crippen LogP contribution in [-0.2, 0) is 17.5 Å². The Morgan fingerprint density at radius 2 is 1.79 bits per heavy atom. The Bertz CT molecular complexity index is 429. The van der Waals surface area contributed by atoms with Crippen molar-refractivity contribution in [3.8, 4) is 0 Å². The van der Waals surface area contributed by atoms with Gasteiger partial charge in [0, 0.05) is 6.54 Å². The number of nitrogens with one attached hydrogen (secondary N) is 1. The summed E-state index contributed by atoms with van der Waals surface area (Å²) >= 11 is 4.16. The normalized spacial score (nSPS) is 13.4. The second-order valence-corrected chi connectivity index (χ2v) is 5.16. The first-order valence-electron chi connectivity index (χ1n) is 5.83. The number of thiol groups is 1. The van der Waals surface area contributed by atoms with E-state index in [1.165, 1.54) is 12.1 Å². The van der Waals surface area contributed by atoms with E-state index in [-0.39, 0.29) is 18.4 Å². The van der Waals surface area contributed by atoms with Gasteiger partial charge in [0.05, 0.1) is 10.8 Å². The van der Waals surface area contributed by atoms with Crippen LogP contribution >= 0.6 is 12.6 Å². The molecule has 0 radical (unpaired) electrons. The first-order chi connectivity index (χ1) is 8.71. The minimum absolute atomic E-state index is 0.0935. The summed E-state index contributed by atoms with van der Waals surface area (Å²) in [5, 5.41) is 2.22. The zero-order chi connectivity index (χ0) is 14.6. The molecule has 0 heterocycles. The maximum Gasteiger partial charge on any atom is 0.416 e. The topological polar surface area (TPSA) is 29.1 Å². The highest BCUT2D eigenvalue weighted by molar-refractivity contribution is 7.81. The predicted octanol–water partition coefficient (Wildman–Crippen LogP) is 3.28. The van der Waals surface area contributed by atoms with Gasteiger partial charge < -0.3 is 5.32 Å². The molecule has 1 amide bonds. The predicted molar refractivity (Wildman–Crippen MR) is 70.9 cm³/mol. The van der Waals surface area contributed by atoms with Crippen molar-refractivity contribution in [3.05, 3.63) is 35.4 Å². The highest BCUT2D eigenvalue weighted by atomic mass is 32.1. The average molecular weight is 291 g/mol. The molecule has 0 saturated heterocycles. The maximum atomic E-state index is 12.3. The van der Waals surface area contributed by atoms with Crippen molar-refractivity contribution in [2.45, 2.75) is 31.8 Å². The number of carbonyl (C=O) groups is 1. The fourth-order valence-electron chi connectivity index (χ4n) is 1.41. The Hall–Kier alpha value is -1.17. The molecule has 0 saturated carbocycles. The first-order valence-corrected chi connectivity index (χ1v) is 6.35. The molecule has 0 aliphatic carbocycles. The summed E-state index contributed by atoms with van der Waals surface area (Å²) in [5.74, 6) is -0.130. The van der Waals surface area contributed by atoms with E-state index in [9.17, 15) is 18.0 Å². The lowest BCUT2D eigenvalue weighted by atomic mass is 10.1. The van der Waals surface area contributed by atoms with Crippen molar-refractivity contribution in [3.63, 3.8) is 0 Å². The zero-order valence-electron chi connectivity index (χ0n) is 10.7. The van der Waals surface area contributed by atoms with Gasteiger partial charge in [0.15, 0.2) is 0 Å². The number of amides is 1. The largest absolute Gasteiger partial charge is 0.416 e. The van der Waals surface area contributed by atoms with Gasteiger partial charge in [-0.3, -0.25) is 4.79 Å². The van der Waals surface area contributed by atoms with Gasteiger partial charge in [-0.1, -0.05) is 26.0 Å². The van der Waals surface area contributed by atoms with Crippen LogP contribution in [0.3, 0.4) is 0 Å². The van der Waals surface area contributed by atoms with E-state index < -0.39 is 17.0 Å². The third-order valence-electron chi connectivity index (χ3n) is 2.65. The Kier molecular flexibility index (Phi) is 5.29. The van der Waals surface area contributed by atoms with Crippen molar-refractivity contribution >= 4 is 18.5 Å². The molecule has 1 rings (SSSR count). The lowest BCUT2D eigenvalue weighted by molar-refractivity contribution is -0.137. The van der Waals surface area contributed by atoms with Crippen molar-refractivity contribution in [2.24, 2.45) is 5.92 Å². The molecule has 0 aliphatic heterocycles.